The Hall–Kier alpha value is -3.16. The molecule has 2 N–H and O–H groups in total. The summed E-state index contributed by atoms with van der Waals surface area (Å²) in [5.74, 6) is -1.57. The van der Waals surface area contributed by atoms with Crippen LogP contribution in [-0.4, -0.2) is 52.7 Å². The lowest BCUT2D eigenvalue weighted by atomic mass is 9.43. The van der Waals surface area contributed by atoms with E-state index in [9.17, 15) is 14.7 Å². The number of fused-ring (bicyclic) bond motifs is 7. The maximum absolute atomic E-state index is 17.7. The number of aliphatic hydroxyl groups excluding tert-OH is 1. The lowest BCUT2D eigenvalue weighted by molar-refractivity contribution is -0.212. The Morgan fingerprint density at radius 2 is 1.70 bits per heavy atom. The molecule has 9 atom stereocenters. The smallest absolute Gasteiger partial charge is 0.228 e. The Morgan fingerprint density at radius 3 is 2.40 bits per heavy atom. The lowest BCUT2D eigenvalue weighted by Gasteiger charge is -2.63. The Balaban J connectivity index is 1.27. The third-order valence-electron chi connectivity index (χ3n) is 12.2. The average molecular weight is 587 g/mol. The van der Waals surface area contributed by atoms with Crippen molar-refractivity contribution in [3.8, 4) is 0 Å². The zero-order valence-electron chi connectivity index (χ0n) is 24.8. The molecule has 0 unspecified atom stereocenters. The van der Waals surface area contributed by atoms with E-state index in [1.807, 2.05) is 48.5 Å². The van der Waals surface area contributed by atoms with Gasteiger partial charge in [0.15, 0.2) is 11.5 Å². The Kier molecular flexibility index (Phi) is 6.60. The van der Waals surface area contributed by atoms with Gasteiger partial charge < -0.3 is 10.4 Å². The van der Waals surface area contributed by atoms with Gasteiger partial charge in [-0.1, -0.05) is 73.7 Å². The number of ketones is 1. The zero-order chi connectivity index (χ0) is 30.2. The molecule has 0 aromatic heterocycles. The number of nitrogens with one attached hydrogen (secondary N) is 1. The van der Waals surface area contributed by atoms with E-state index in [0.717, 1.165) is 11.1 Å². The summed E-state index contributed by atoms with van der Waals surface area (Å²) in [6, 6.07) is 20.0. The van der Waals surface area contributed by atoms with Crippen LogP contribution in [0.4, 0.5) is 8.78 Å². The highest BCUT2D eigenvalue weighted by Gasteiger charge is 2.78. The molecule has 7 heteroatoms. The van der Waals surface area contributed by atoms with Crippen LogP contribution in [0.5, 0.6) is 0 Å². The van der Waals surface area contributed by atoms with Crippen molar-refractivity contribution in [2.45, 2.75) is 64.1 Å². The van der Waals surface area contributed by atoms with Crippen molar-refractivity contribution in [1.82, 2.24) is 10.2 Å². The summed E-state index contributed by atoms with van der Waals surface area (Å²) in [6.45, 7) is 5.93. The molecule has 43 heavy (non-hydrogen) atoms. The molecule has 4 aliphatic carbocycles. The molecular formula is C36H40F2N2O3. The molecule has 0 radical (unpaired) electrons. The second-order valence-electron chi connectivity index (χ2n) is 14.1. The zero-order valence-corrected chi connectivity index (χ0v) is 24.8. The van der Waals surface area contributed by atoms with E-state index in [4.69, 9.17) is 0 Å². The number of alkyl halides is 2. The minimum Gasteiger partial charge on any atom is -0.390 e. The lowest BCUT2D eigenvalue weighted by Crippen LogP contribution is -2.70. The van der Waals surface area contributed by atoms with Gasteiger partial charge in [0, 0.05) is 37.5 Å². The second kappa shape index (κ2) is 9.93. The molecule has 226 valence electrons. The standard InChI is InChI=1S/C36H40F2N2O3/c1-33-14-13-26(41)16-29(33)30(37)17-28-27-15-25-21-40(20-24-11-7-4-8-12-24)22-35(25,34(27,2)18-31(42)36(28,33)38)32(43)39-19-23-9-5-3-6-10-23/h3-14,16,25,27-28,30-31,42H,15,17-22H2,1-2H3,(H,39,43)/t25-,27-,28-,30-,31-,33-,34-,35+,36-/m0/s1. The number of benzene rings is 2. The first-order valence-corrected chi connectivity index (χ1v) is 15.6. The number of carbonyl (C=O) groups is 2. The van der Waals surface area contributed by atoms with Crippen LogP contribution in [0, 0.1) is 34.0 Å². The average Bonchev–Trinajstić information content (AvgIpc) is 3.47. The SMILES string of the molecule is C[C@]12C=CC(=O)C=C1[C@@H](F)C[C@H]1[C@@H]3C[C@H]4CN(Cc5ccccc5)C[C@@]4(C(=O)NCc4ccccc4)[C@@]3(C)C[C@H](O)[C@@]12F. The van der Waals surface area contributed by atoms with E-state index in [2.05, 4.69) is 29.3 Å². The second-order valence-corrected chi connectivity index (χ2v) is 14.1. The minimum absolute atomic E-state index is 0.0666. The van der Waals surface area contributed by atoms with Crippen molar-refractivity contribution >= 4 is 11.7 Å². The first-order chi connectivity index (χ1) is 20.5. The number of aliphatic hydroxyl groups is 1. The molecule has 5 nitrogen and oxygen atoms in total. The maximum Gasteiger partial charge on any atom is 0.228 e. The molecule has 0 spiro atoms. The van der Waals surface area contributed by atoms with Crippen molar-refractivity contribution in [3.63, 3.8) is 0 Å². The Bertz CT molecular complexity index is 1500. The third kappa shape index (κ3) is 3.93. The van der Waals surface area contributed by atoms with E-state index in [-0.39, 0.29) is 41.9 Å². The van der Waals surface area contributed by atoms with Crippen LogP contribution in [0.2, 0.25) is 0 Å². The largest absolute Gasteiger partial charge is 0.390 e. The number of carbonyl (C=O) groups excluding carboxylic acids is 2. The number of nitrogens with zero attached hydrogens (tertiary/aromatic N) is 1. The summed E-state index contributed by atoms with van der Waals surface area (Å²) >= 11 is 0. The minimum atomic E-state index is -2.15. The van der Waals surface area contributed by atoms with E-state index < -0.39 is 40.1 Å². The van der Waals surface area contributed by atoms with Crippen molar-refractivity contribution in [2.24, 2.45) is 34.0 Å². The monoisotopic (exact) mass is 586 g/mol. The van der Waals surface area contributed by atoms with E-state index in [0.29, 0.717) is 32.6 Å². The van der Waals surface area contributed by atoms with Crippen molar-refractivity contribution in [1.29, 1.82) is 0 Å². The molecule has 1 aliphatic heterocycles. The van der Waals surface area contributed by atoms with Crippen LogP contribution in [0.15, 0.2) is 84.5 Å². The fourth-order valence-electron chi connectivity index (χ4n) is 10.2. The van der Waals surface area contributed by atoms with Gasteiger partial charge in [0.1, 0.15) is 6.17 Å². The first kappa shape index (κ1) is 28.6. The van der Waals surface area contributed by atoms with Gasteiger partial charge in [-0.05, 0) is 72.3 Å². The number of hydrogen-bond acceptors (Lipinski definition) is 4. The number of halogens is 2. The highest BCUT2D eigenvalue weighted by atomic mass is 19.1. The molecule has 1 heterocycles. The molecule has 3 saturated carbocycles. The molecule has 2 aromatic rings. The van der Waals surface area contributed by atoms with Crippen molar-refractivity contribution < 1.29 is 23.5 Å². The van der Waals surface area contributed by atoms with Gasteiger partial charge >= 0.3 is 0 Å². The molecule has 5 aliphatic rings. The van der Waals surface area contributed by atoms with Crippen LogP contribution in [0.3, 0.4) is 0 Å². The highest BCUT2D eigenvalue weighted by molar-refractivity contribution is 6.01. The molecule has 2 aromatic carbocycles. The van der Waals surface area contributed by atoms with Crippen molar-refractivity contribution in [2.75, 3.05) is 13.1 Å². The normalized spacial score (nSPS) is 41.6. The molecule has 1 saturated heterocycles. The Labute approximate surface area is 252 Å². The summed E-state index contributed by atoms with van der Waals surface area (Å²) in [5.41, 5.74) is -2.92. The predicted octanol–water partition coefficient (Wildman–Crippen LogP) is 5.35. The van der Waals surface area contributed by atoms with Gasteiger partial charge in [-0.3, -0.25) is 14.5 Å². The van der Waals surface area contributed by atoms with Gasteiger partial charge in [-0.15, -0.1) is 0 Å². The topological polar surface area (TPSA) is 69.6 Å². The van der Waals surface area contributed by atoms with E-state index in [1.165, 1.54) is 18.2 Å². The molecule has 0 bridgehead atoms. The van der Waals surface area contributed by atoms with Crippen LogP contribution in [-0.2, 0) is 22.7 Å². The molecule has 7 rings (SSSR count). The fraction of sp³-hybridized carbons (Fsp3) is 0.500. The van der Waals surface area contributed by atoms with E-state index in [1.54, 1.807) is 6.92 Å². The highest BCUT2D eigenvalue weighted by Crippen LogP contribution is 2.74. The fourth-order valence-corrected chi connectivity index (χ4v) is 10.2. The summed E-state index contributed by atoms with van der Waals surface area (Å²) in [4.78, 5) is 29.1. The number of rotatable bonds is 5. The summed E-state index contributed by atoms with van der Waals surface area (Å²) < 4.78 is 33.7. The van der Waals surface area contributed by atoms with Crippen LogP contribution in [0.1, 0.15) is 44.2 Å². The van der Waals surface area contributed by atoms with Gasteiger partial charge in [-0.2, -0.15) is 0 Å². The van der Waals surface area contributed by atoms with Crippen LogP contribution in [0.25, 0.3) is 0 Å². The first-order valence-electron chi connectivity index (χ1n) is 15.6. The van der Waals surface area contributed by atoms with Gasteiger partial charge in [0.25, 0.3) is 0 Å². The maximum atomic E-state index is 17.7. The molecule has 4 fully saturated rings. The number of allylic oxidation sites excluding steroid dienone is 4. The van der Waals surface area contributed by atoms with Crippen LogP contribution >= 0.6 is 0 Å². The number of hydrogen-bond donors (Lipinski definition) is 2. The predicted molar refractivity (Wildman–Crippen MR) is 160 cm³/mol. The number of likely N-dealkylation sites (tertiary alicyclic amines) is 1. The quantitative estimate of drug-likeness (QED) is 0.496. The summed E-state index contributed by atoms with van der Waals surface area (Å²) in [5, 5.41) is 15.1. The summed E-state index contributed by atoms with van der Waals surface area (Å²) in [6.07, 6.45) is 1.71. The summed E-state index contributed by atoms with van der Waals surface area (Å²) in [7, 11) is 0. The van der Waals surface area contributed by atoms with Gasteiger partial charge in [0.05, 0.1) is 11.5 Å². The van der Waals surface area contributed by atoms with Gasteiger partial charge in [-0.25, -0.2) is 8.78 Å². The Morgan fingerprint density at radius 1 is 1.02 bits per heavy atom. The van der Waals surface area contributed by atoms with E-state index >= 15 is 8.78 Å². The molecule has 1 amide bonds. The van der Waals surface area contributed by atoms with Crippen LogP contribution < -0.4 is 5.32 Å². The van der Waals surface area contributed by atoms with Crippen molar-refractivity contribution in [3.05, 3.63) is 95.6 Å². The number of amides is 1. The van der Waals surface area contributed by atoms with Gasteiger partial charge in [0.2, 0.25) is 5.91 Å². The molecular weight excluding hydrogens is 546 g/mol. The third-order valence-corrected chi connectivity index (χ3v) is 12.2.